The normalized spacial score (nSPS) is 20.0. The van der Waals surface area contributed by atoms with E-state index in [1.165, 1.54) is 0 Å². The van der Waals surface area contributed by atoms with Gasteiger partial charge in [-0.25, -0.2) is 0 Å². The zero-order chi connectivity index (χ0) is 19.3. The Morgan fingerprint density at radius 2 is 1.68 bits per heavy atom. The molecule has 148 valence electrons. The Bertz CT molecular complexity index is 824. The largest absolute Gasteiger partial charge is 0.486 e. The van der Waals surface area contributed by atoms with Crippen molar-refractivity contribution in [2.45, 2.75) is 6.10 Å². The van der Waals surface area contributed by atoms with E-state index in [-0.39, 0.29) is 12.0 Å². The lowest BCUT2D eigenvalue weighted by atomic mass is 10.2. The van der Waals surface area contributed by atoms with Crippen LogP contribution in [-0.4, -0.2) is 67.7 Å². The Balaban J connectivity index is 1.21. The van der Waals surface area contributed by atoms with Crippen LogP contribution >= 0.6 is 11.6 Å². The Kier molecular flexibility index (Phi) is 6.00. The van der Waals surface area contributed by atoms with Gasteiger partial charge in [-0.15, -0.1) is 0 Å². The fourth-order valence-corrected chi connectivity index (χ4v) is 3.71. The van der Waals surface area contributed by atoms with Crippen LogP contribution < -0.4 is 14.8 Å². The van der Waals surface area contributed by atoms with Crippen LogP contribution in [0.2, 0.25) is 5.02 Å². The van der Waals surface area contributed by atoms with Crippen LogP contribution in [0.4, 0.5) is 5.69 Å². The zero-order valence-electron chi connectivity index (χ0n) is 15.6. The molecular formula is C21H24ClN3O3. The first-order valence-corrected chi connectivity index (χ1v) is 9.93. The molecule has 0 saturated carbocycles. The van der Waals surface area contributed by atoms with Gasteiger partial charge in [0.15, 0.2) is 11.5 Å². The van der Waals surface area contributed by atoms with Gasteiger partial charge in [0.2, 0.25) is 5.91 Å². The number of rotatable bonds is 5. The molecule has 0 spiro atoms. The molecule has 0 aromatic heterocycles. The van der Waals surface area contributed by atoms with Gasteiger partial charge in [-0.3, -0.25) is 14.6 Å². The number of carbonyl (C=O) groups excluding carboxylic acids is 1. The fourth-order valence-electron chi connectivity index (χ4n) is 3.53. The van der Waals surface area contributed by atoms with E-state index in [1.807, 2.05) is 42.5 Å². The van der Waals surface area contributed by atoms with Gasteiger partial charge in [-0.2, -0.15) is 0 Å². The summed E-state index contributed by atoms with van der Waals surface area (Å²) in [7, 11) is 0. The lowest BCUT2D eigenvalue weighted by molar-refractivity contribution is -0.117. The first kappa shape index (κ1) is 19.1. The first-order chi connectivity index (χ1) is 13.7. The predicted molar refractivity (Wildman–Crippen MR) is 109 cm³/mol. The highest BCUT2D eigenvalue weighted by molar-refractivity contribution is 6.33. The van der Waals surface area contributed by atoms with Crippen LogP contribution in [0.25, 0.3) is 0 Å². The van der Waals surface area contributed by atoms with Crippen molar-refractivity contribution in [1.82, 2.24) is 9.80 Å². The number of amides is 1. The number of carbonyl (C=O) groups is 1. The summed E-state index contributed by atoms with van der Waals surface area (Å²) in [6.45, 7) is 5.27. The number of hydrogen-bond acceptors (Lipinski definition) is 5. The van der Waals surface area contributed by atoms with E-state index in [0.29, 0.717) is 23.9 Å². The van der Waals surface area contributed by atoms with E-state index in [1.54, 1.807) is 6.07 Å². The zero-order valence-corrected chi connectivity index (χ0v) is 16.4. The highest BCUT2D eigenvalue weighted by atomic mass is 35.5. The van der Waals surface area contributed by atoms with Crippen molar-refractivity contribution in [2.24, 2.45) is 0 Å². The number of halogens is 1. The Morgan fingerprint density at radius 1 is 1.00 bits per heavy atom. The van der Waals surface area contributed by atoms with E-state index in [9.17, 15) is 4.79 Å². The van der Waals surface area contributed by atoms with Gasteiger partial charge in [-0.1, -0.05) is 35.9 Å². The highest BCUT2D eigenvalue weighted by Crippen LogP contribution is 2.31. The van der Waals surface area contributed by atoms with Crippen molar-refractivity contribution in [1.29, 1.82) is 0 Å². The molecule has 1 N–H and O–H groups in total. The smallest absolute Gasteiger partial charge is 0.238 e. The number of benzene rings is 2. The Morgan fingerprint density at radius 3 is 2.46 bits per heavy atom. The molecule has 2 heterocycles. The number of fused-ring (bicyclic) bond motifs is 1. The number of ether oxygens (including phenoxy) is 2. The number of nitrogens with zero attached hydrogens (tertiary/aromatic N) is 2. The second-order valence-electron chi connectivity index (χ2n) is 7.10. The third kappa shape index (κ3) is 4.76. The van der Waals surface area contributed by atoms with E-state index in [2.05, 4.69) is 15.1 Å². The Hall–Kier alpha value is -2.28. The van der Waals surface area contributed by atoms with Crippen LogP contribution in [0, 0.1) is 0 Å². The fraction of sp³-hybridized carbons (Fsp3) is 0.381. The lowest BCUT2D eigenvalue weighted by Gasteiger charge is -2.37. The summed E-state index contributed by atoms with van der Waals surface area (Å²) >= 11 is 6.10. The topological polar surface area (TPSA) is 54.0 Å². The van der Waals surface area contributed by atoms with Gasteiger partial charge in [0, 0.05) is 32.7 Å². The monoisotopic (exact) mass is 401 g/mol. The van der Waals surface area contributed by atoms with Gasteiger partial charge in [0.25, 0.3) is 0 Å². The minimum atomic E-state index is -0.0397. The lowest BCUT2D eigenvalue weighted by Crippen LogP contribution is -2.51. The number of nitrogens with one attached hydrogen (secondary N) is 1. The molecule has 0 bridgehead atoms. The third-order valence-corrected chi connectivity index (χ3v) is 5.34. The highest BCUT2D eigenvalue weighted by Gasteiger charge is 2.26. The molecule has 4 rings (SSSR count). The third-order valence-electron chi connectivity index (χ3n) is 5.01. The van der Waals surface area contributed by atoms with Gasteiger partial charge in [0.1, 0.15) is 12.7 Å². The standard InChI is InChI=1S/C21H24ClN3O3/c22-17-5-1-2-6-18(17)23-21(26)14-25-11-9-24(10-12-25)13-16-15-27-19-7-3-4-8-20(19)28-16/h1-8,16H,9-15H2,(H,23,26). The molecule has 28 heavy (non-hydrogen) atoms. The van der Waals surface area contributed by atoms with Crippen LogP contribution in [-0.2, 0) is 4.79 Å². The van der Waals surface area contributed by atoms with Crippen molar-refractivity contribution >= 4 is 23.2 Å². The quantitative estimate of drug-likeness (QED) is 0.834. The molecule has 0 aliphatic carbocycles. The SMILES string of the molecule is O=C(CN1CCN(CC2COc3ccccc3O2)CC1)Nc1ccccc1Cl. The molecule has 6 nitrogen and oxygen atoms in total. The molecule has 2 aromatic rings. The maximum Gasteiger partial charge on any atom is 0.238 e. The maximum atomic E-state index is 12.3. The summed E-state index contributed by atoms with van der Waals surface area (Å²) in [6.07, 6.45) is 0.0324. The maximum absolute atomic E-state index is 12.3. The minimum Gasteiger partial charge on any atom is -0.486 e. The summed E-state index contributed by atoms with van der Waals surface area (Å²) in [5.74, 6) is 1.59. The van der Waals surface area contributed by atoms with E-state index in [4.69, 9.17) is 21.1 Å². The van der Waals surface area contributed by atoms with Gasteiger partial charge < -0.3 is 14.8 Å². The van der Waals surface area contributed by atoms with E-state index in [0.717, 1.165) is 44.2 Å². The van der Waals surface area contributed by atoms with Crippen molar-refractivity contribution in [3.8, 4) is 11.5 Å². The molecule has 7 heteroatoms. The van der Waals surface area contributed by atoms with Gasteiger partial charge >= 0.3 is 0 Å². The molecule has 2 aliphatic rings. The summed E-state index contributed by atoms with van der Waals surface area (Å²) < 4.78 is 11.8. The van der Waals surface area contributed by atoms with Crippen molar-refractivity contribution in [2.75, 3.05) is 51.2 Å². The summed E-state index contributed by atoms with van der Waals surface area (Å²) in [6, 6.07) is 15.1. The number of anilines is 1. The van der Waals surface area contributed by atoms with Crippen LogP contribution in [0.5, 0.6) is 11.5 Å². The van der Waals surface area contributed by atoms with Crippen LogP contribution in [0.1, 0.15) is 0 Å². The summed E-state index contributed by atoms with van der Waals surface area (Å²) in [5, 5.41) is 3.43. The van der Waals surface area contributed by atoms with Crippen molar-refractivity contribution in [3.63, 3.8) is 0 Å². The predicted octanol–water partition coefficient (Wildman–Crippen LogP) is 2.74. The van der Waals surface area contributed by atoms with Crippen molar-refractivity contribution < 1.29 is 14.3 Å². The first-order valence-electron chi connectivity index (χ1n) is 9.55. The van der Waals surface area contributed by atoms with Crippen LogP contribution in [0.15, 0.2) is 48.5 Å². The molecular weight excluding hydrogens is 378 g/mol. The molecule has 1 saturated heterocycles. The minimum absolute atomic E-state index is 0.0324. The average Bonchev–Trinajstić information content (AvgIpc) is 2.71. The van der Waals surface area contributed by atoms with Crippen LogP contribution in [0.3, 0.4) is 0 Å². The molecule has 2 aromatic carbocycles. The molecule has 0 radical (unpaired) electrons. The van der Waals surface area contributed by atoms with Gasteiger partial charge in [0.05, 0.1) is 17.3 Å². The molecule has 1 atom stereocenters. The molecule has 1 unspecified atom stereocenters. The number of para-hydroxylation sites is 3. The van der Waals surface area contributed by atoms with Crippen molar-refractivity contribution in [3.05, 3.63) is 53.6 Å². The average molecular weight is 402 g/mol. The summed E-state index contributed by atoms with van der Waals surface area (Å²) in [4.78, 5) is 16.8. The summed E-state index contributed by atoms with van der Waals surface area (Å²) in [5.41, 5.74) is 0.655. The molecule has 2 aliphatic heterocycles. The number of hydrogen-bond donors (Lipinski definition) is 1. The van der Waals surface area contributed by atoms with E-state index < -0.39 is 0 Å². The molecule has 1 fully saturated rings. The van der Waals surface area contributed by atoms with Gasteiger partial charge in [-0.05, 0) is 24.3 Å². The Labute approximate surface area is 170 Å². The second kappa shape index (κ2) is 8.82. The second-order valence-corrected chi connectivity index (χ2v) is 7.51. The number of piperazine rings is 1. The van der Waals surface area contributed by atoms with E-state index >= 15 is 0 Å². The molecule has 1 amide bonds.